The fourth-order valence-corrected chi connectivity index (χ4v) is 4.55. The van der Waals surface area contributed by atoms with Gasteiger partial charge in [-0.1, -0.05) is 11.3 Å². The summed E-state index contributed by atoms with van der Waals surface area (Å²) in [5.41, 5.74) is 1.85. The molecule has 0 bridgehead atoms. The van der Waals surface area contributed by atoms with Crippen LogP contribution < -0.4 is 15.5 Å². The molecule has 6 nitrogen and oxygen atoms in total. The average Bonchev–Trinajstić information content (AvgIpc) is 3.06. The first-order chi connectivity index (χ1) is 12.2. The first kappa shape index (κ1) is 16.8. The van der Waals surface area contributed by atoms with Crippen molar-refractivity contribution in [3.63, 3.8) is 0 Å². The first-order valence-corrected chi connectivity index (χ1v) is 9.78. The standard InChI is InChI=1S/C18H24N4O2S/c1-12-10-13(4-5-19-12)17(23)20-14-2-3-15-16(11-14)25-18(21-15)22-6-8-24-9-7-22/h2-3,11-13,19H,4-10H2,1H3,(H,20,23)/t12-,13-/m0/s1. The average molecular weight is 360 g/mol. The van der Waals surface area contributed by atoms with Crippen molar-refractivity contribution in [3.05, 3.63) is 18.2 Å². The largest absolute Gasteiger partial charge is 0.378 e. The maximum atomic E-state index is 12.5. The van der Waals surface area contributed by atoms with Crippen molar-refractivity contribution in [1.29, 1.82) is 0 Å². The lowest BCUT2D eigenvalue weighted by Crippen LogP contribution is -2.40. The lowest BCUT2D eigenvalue weighted by Gasteiger charge is -2.27. The fourth-order valence-electron chi connectivity index (χ4n) is 3.49. The second-order valence-electron chi connectivity index (χ2n) is 6.84. The van der Waals surface area contributed by atoms with Crippen LogP contribution in [0.2, 0.25) is 0 Å². The Morgan fingerprint density at radius 2 is 2.24 bits per heavy atom. The summed E-state index contributed by atoms with van der Waals surface area (Å²) in [6.07, 6.45) is 1.80. The van der Waals surface area contributed by atoms with E-state index in [9.17, 15) is 4.79 Å². The number of carbonyl (C=O) groups excluding carboxylic acids is 1. The van der Waals surface area contributed by atoms with Gasteiger partial charge in [-0.2, -0.15) is 0 Å². The number of benzene rings is 1. The predicted octanol–water partition coefficient (Wildman–Crippen LogP) is 2.46. The van der Waals surface area contributed by atoms with Crippen LogP contribution in [-0.2, 0) is 9.53 Å². The van der Waals surface area contributed by atoms with E-state index in [1.165, 1.54) is 0 Å². The highest BCUT2D eigenvalue weighted by molar-refractivity contribution is 7.22. The third-order valence-corrected chi connectivity index (χ3v) is 6.00. The van der Waals surface area contributed by atoms with Crippen LogP contribution in [0, 0.1) is 5.92 Å². The summed E-state index contributed by atoms with van der Waals surface area (Å²) < 4.78 is 6.52. The SMILES string of the molecule is C[C@H]1C[C@@H](C(=O)Nc2ccc3nc(N4CCOCC4)sc3c2)CCN1. The van der Waals surface area contributed by atoms with E-state index in [4.69, 9.17) is 9.72 Å². The Kier molecular flexibility index (Phi) is 4.87. The molecule has 0 unspecified atom stereocenters. The van der Waals surface area contributed by atoms with Gasteiger partial charge in [0.25, 0.3) is 0 Å². The molecular weight excluding hydrogens is 336 g/mol. The highest BCUT2D eigenvalue weighted by Crippen LogP contribution is 2.31. The summed E-state index contributed by atoms with van der Waals surface area (Å²) in [6, 6.07) is 6.40. The Labute approximate surface area is 151 Å². The second-order valence-corrected chi connectivity index (χ2v) is 7.85. The summed E-state index contributed by atoms with van der Waals surface area (Å²) in [4.78, 5) is 19.5. The first-order valence-electron chi connectivity index (χ1n) is 8.96. The number of thiazole rings is 1. The van der Waals surface area contributed by atoms with Gasteiger partial charge in [0.05, 0.1) is 23.4 Å². The maximum absolute atomic E-state index is 12.5. The lowest BCUT2D eigenvalue weighted by molar-refractivity contribution is -0.120. The van der Waals surface area contributed by atoms with Crippen LogP contribution in [0.3, 0.4) is 0 Å². The van der Waals surface area contributed by atoms with E-state index >= 15 is 0 Å². The van der Waals surface area contributed by atoms with Gasteiger partial charge in [-0.15, -0.1) is 0 Å². The molecule has 7 heteroatoms. The molecule has 0 aliphatic carbocycles. The van der Waals surface area contributed by atoms with Gasteiger partial charge in [0.15, 0.2) is 5.13 Å². The number of hydrogen-bond acceptors (Lipinski definition) is 6. The molecule has 134 valence electrons. The highest BCUT2D eigenvalue weighted by Gasteiger charge is 2.25. The van der Waals surface area contributed by atoms with Crippen molar-refractivity contribution >= 4 is 38.3 Å². The quantitative estimate of drug-likeness (QED) is 0.880. The topological polar surface area (TPSA) is 66.5 Å². The number of aromatic nitrogens is 1. The smallest absolute Gasteiger partial charge is 0.227 e. The summed E-state index contributed by atoms with van der Waals surface area (Å²) in [5.74, 6) is 0.225. The Bertz CT molecular complexity index is 757. The molecule has 2 N–H and O–H groups in total. The van der Waals surface area contributed by atoms with Crippen LogP contribution in [0.25, 0.3) is 10.2 Å². The molecule has 1 aromatic heterocycles. The zero-order valence-electron chi connectivity index (χ0n) is 14.5. The predicted molar refractivity (Wildman–Crippen MR) is 101 cm³/mol. The molecular formula is C18H24N4O2S. The van der Waals surface area contributed by atoms with Gasteiger partial charge in [-0.3, -0.25) is 4.79 Å². The second kappa shape index (κ2) is 7.27. The van der Waals surface area contributed by atoms with Crippen molar-refractivity contribution in [2.24, 2.45) is 5.92 Å². The summed E-state index contributed by atoms with van der Waals surface area (Å²) in [7, 11) is 0. The molecule has 0 spiro atoms. The Morgan fingerprint density at radius 1 is 1.40 bits per heavy atom. The molecule has 1 aromatic carbocycles. The third-order valence-electron chi connectivity index (χ3n) is 4.92. The molecule has 0 saturated carbocycles. The Morgan fingerprint density at radius 3 is 3.04 bits per heavy atom. The minimum absolute atomic E-state index is 0.0947. The van der Waals surface area contributed by atoms with Gasteiger partial charge in [0.1, 0.15) is 0 Å². The van der Waals surface area contributed by atoms with E-state index in [-0.39, 0.29) is 11.8 Å². The minimum atomic E-state index is 0.0947. The molecule has 2 aromatic rings. The number of rotatable bonds is 3. The summed E-state index contributed by atoms with van der Waals surface area (Å²) >= 11 is 1.68. The van der Waals surface area contributed by atoms with Crippen molar-refractivity contribution in [3.8, 4) is 0 Å². The number of hydrogen-bond donors (Lipinski definition) is 2. The molecule has 2 atom stereocenters. The fraction of sp³-hybridized carbons (Fsp3) is 0.556. The Balaban J connectivity index is 1.47. The van der Waals surface area contributed by atoms with Gasteiger partial charge >= 0.3 is 0 Å². The molecule has 2 saturated heterocycles. The van der Waals surface area contributed by atoms with Crippen LogP contribution in [0.15, 0.2) is 18.2 Å². The molecule has 2 aliphatic heterocycles. The summed E-state index contributed by atoms with van der Waals surface area (Å²) in [6.45, 7) is 6.33. The van der Waals surface area contributed by atoms with Crippen molar-refractivity contribution < 1.29 is 9.53 Å². The number of nitrogens with zero attached hydrogens (tertiary/aromatic N) is 2. The number of ether oxygens (including phenoxy) is 1. The molecule has 2 aliphatic rings. The van der Waals surface area contributed by atoms with E-state index < -0.39 is 0 Å². The molecule has 2 fully saturated rings. The van der Waals surface area contributed by atoms with Gasteiger partial charge in [-0.05, 0) is 44.5 Å². The van der Waals surface area contributed by atoms with Crippen LogP contribution >= 0.6 is 11.3 Å². The number of nitrogens with one attached hydrogen (secondary N) is 2. The third kappa shape index (κ3) is 3.78. The van der Waals surface area contributed by atoms with E-state index in [1.807, 2.05) is 18.2 Å². The van der Waals surface area contributed by atoms with Crippen LogP contribution in [-0.4, -0.2) is 49.8 Å². The number of carbonyl (C=O) groups is 1. The van der Waals surface area contributed by atoms with Crippen molar-refractivity contribution in [2.75, 3.05) is 43.1 Å². The number of amides is 1. The van der Waals surface area contributed by atoms with E-state index in [0.29, 0.717) is 6.04 Å². The molecule has 4 rings (SSSR count). The Hall–Kier alpha value is -1.70. The normalized spacial score (nSPS) is 24.4. The monoisotopic (exact) mass is 360 g/mol. The molecule has 0 radical (unpaired) electrons. The number of anilines is 2. The number of piperidine rings is 1. The van der Waals surface area contributed by atoms with Crippen molar-refractivity contribution in [2.45, 2.75) is 25.8 Å². The van der Waals surface area contributed by atoms with Crippen LogP contribution in [0.5, 0.6) is 0 Å². The van der Waals surface area contributed by atoms with E-state index in [2.05, 4.69) is 22.5 Å². The molecule has 25 heavy (non-hydrogen) atoms. The molecule has 1 amide bonds. The van der Waals surface area contributed by atoms with E-state index in [1.54, 1.807) is 11.3 Å². The van der Waals surface area contributed by atoms with Gasteiger partial charge in [0, 0.05) is 30.7 Å². The summed E-state index contributed by atoms with van der Waals surface area (Å²) in [5, 5.41) is 7.52. The van der Waals surface area contributed by atoms with Gasteiger partial charge in [0.2, 0.25) is 5.91 Å². The minimum Gasteiger partial charge on any atom is -0.378 e. The lowest BCUT2D eigenvalue weighted by atomic mass is 9.92. The number of morpholine rings is 1. The van der Waals surface area contributed by atoms with Crippen LogP contribution in [0.1, 0.15) is 19.8 Å². The van der Waals surface area contributed by atoms with E-state index in [0.717, 1.165) is 66.7 Å². The zero-order valence-corrected chi connectivity index (χ0v) is 15.3. The van der Waals surface area contributed by atoms with Gasteiger partial charge < -0.3 is 20.3 Å². The van der Waals surface area contributed by atoms with Gasteiger partial charge in [-0.25, -0.2) is 4.98 Å². The van der Waals surface area contributed by atoms with Crippen LogP contribution in [0.4, 0.5) is 10.8 Å². The highest BCUT2D eigenvalue weighted by atomic mass is 32.1. The van der Waals surface area contributed by atoms with Crippen molar-refractivity contribution in [1.82, 2.24) is 10.3 Å². The maximum Gasteiger partial charge on any atom is 0.227 e. The zero-order chi connectivity index (χ0) is 17.2. The number of fused-ring (bicyclic) bond motifs is 1. The molecule has 3 heterocycles.